The summed E-state index contributed by atoms with van der Waals surface area (Å²) < 4.78 is 0. The number of amides is 1. The molecule has 108 valence electrons. The van der Waals surface area contributed by atoms with Crippen molar-refractivity contribution in [1.29, 1.82) is 0 Å². The van der Waals surface area contributed by atoms with Gasteiger partial charge >= 0.3 is 0 Å². The molecule has 5 nitrogen and oxygen atoms in total. The van der Waals surface area contributed by atoms with E-state index in [9.17, 15) is 4.79 Å². The molecule has 0 spiro atoms. The van der Waals surface area contributed by atoms with Crippen molar-refractivity contribution in [1.82, 2.24) is 15.2 Å². The number of nitrogens with two attached hydrogens (primary N) is 1. The highest BCUT2D eigenvalue weighted by Gasteiger charge is 2.12. The van der Waals surface area contributed by atoms with Crippen LogP contribution in [0.2, 0.25) is 0 Å². The van der Waals surface area contributed by atoms with Gasteiger partial charge in [-0.25, -0.2) is 4.98 Å². The summed E-state index contributed by atoms with van der Waals surface area (Å²) in [6, 6.07) is -0.116. The molecule has 0 aliphatic rings. The molecular formula is C13H24N4OS. The van der Waals surface area contributed by atoms with Crippen LogP contribution >= 0.6 is 11.3 Å². The lowest BCUT2D eigenvalue weighted by molar-refractivity contribution is 0.0947. The number of hydrogen-bond acceptors (Lipinski definition) is 5. The molecule has 1 unspecified atom stereocenters. The molecule has 0 aliphatic heterocycles. The SMILES string of the molecule is CCN(CC)CCCNC(=O)c1csc(C(C)N)n1. The molecule has 1 heterocycles. The molecule has 6 heteroatoms. The fraction of sp³-hybridized carbons (Fsp3) is 0.692. The van der Waals surface area contributed by atoms with Crippen molar-refractivity contribution in [3.8, 4) is 0 Å². The summed E-state index contributed by atoms with van der Waals surface area (Å²) in [7, 11) is 0. The summed E-state index contributed by atoms with van der Waals surface area (Å²) in [6.45, 7) is 9.95. The molecule has 1 rings (SSSR count). The Morgan fingerprint density at radius 3 is 2.74 bits per heavy atom. The molecule has 1 atom stereocenters. The fourth-order valence-corrected chi connectivity index (χ4v) is 2.49. The third-order valence-electron chi connectivity index (χ3n) is 2.98. The Balaban J connectivity index is 2.31. The van der Waals surface area contributed by atoms with Crippen molar-refractivity contribution in [2.24, 2.45) is 5.73 Å². The zero-order chi connectivity index (χ0) is 14.3. The third kappa shape index (κ3) is 5.26. The Morgan fingerprint density at radius 1 is 1.53 bits per heavy atom. The van der Waals surface area contributed by atoms with Crippen LogP contribution < -0.4 is 11.1 Å². The number of nitrogens with zero attached hydrogens (tertiary/aromatic N) is 2. The van der Waals surface area contributed by atoms with Gasteiger partial charge in [-0.15, -0.1) is 11.3 Å². The van der Waals surface area contributed by atoms with Gasteiger partial charge in [0.2, 0.25) is 0 Å². The van der Waals surface area contributed by atoms with Gasteiger partial charge in [-0.1, -0.05) is 13.8 Å². The van der Waals surface area contributed by atoms with E-state index < -0.39 is 0 Å². The van der Waals surface area contributed by atoms with Crippen LogP contribution in [0.5, 0.6) is 0 Å². The minimum Gasteiger partial charge on any atom is -0.351 e. The summed E-state index contributed by atoms with van der Waals surface area (Å²) in [5.74, 6) is -0.109. The third-order valence-corrected chi connectivity index (χ3v) is 4.02. The van der Waals surface area contributed by atoms with Crippen molar-refractivity contribution in [3.05, 3.63) is 16.1 Å². The predicted molar refractivity (Wildman–Crippen MR) is 79.5 cm³/mol. The van der Waals surface area contributed by atoms with Crippen LogP contribution in [0.1, 0.15) is 48.7 Å². The smallest absolute Gasteiger partial charge is 0.270 e. The zero-order valence-electron chi connectivity index (χ0n) is 12.0. The van der Waals surface area contributed by atoms with E-state index in [1.807, 2.05) is 6.92 Å². The fourth-order valence-electron chi connectivity index (χ4n) is 1.74. The van der Waals surface area contributed by atoms with Gasteiger partial charge in [-0.3, -0.25) is 4.79 Å². The molecular weight excluding hydrogens is 260 g/mol. The van der Waals surface area contributed by atoms with Crippen molar-refractivity contribution in [2.45, 2.75) is 33.2 Å². The second kappa shape index (κ2) is 8.24. The maximum absolute atomic E-state index is 11.8. The van der Waals surface area contributed by atoms with Gasteiger partial charge in [0, 0.05) is 11.9 Å². The molecule has 0 saturated carbocycles. The molecule has 0 bridgehead atoms. The maximum Gasteiger partial charge on any atom is 0.270 e. The average molecular weight is 284 g/mol. The molecule has 0 saturated heterocycles. The lowest BCUT2D eigenvalue weighted by Crippen LogP contribution is -2.30. The molecule has 3 N–H and O–H groups in total. The number of hydrogen-bond donors (Lipinski definition) is 2. The Kier molecular flexibility index (Phi) is 6.97. The molecule has 0 aromatic carbocycles. The molecule has 0 fully saturated rings. The second-order valence-corrected chi connectivity index (χ2v) is 5.39. The van der Waals surface area contributed by atoms with Gasteiger partial charge in [-0.05, 0) is 33.0 Å². The number of aromatic nitrogens is 1. The lowest BCUT2D eigenvalue weighted by Gasteiger charge is -2.17. The Morgan fingerprint density at radius 2 is 2.21 bits per heavy atom. The summed E-state index contributed by atoms with van der Waals surface area (Å²) in [4.78, 5) is 18.4. The van der Waals surface area contributed by atoms with E-state index >= 15 is 0 Å². The lowest BCUT2D eigenvalue weighted by atomic mass is 10.3. The number of carbonyl (C=O) groups is 1. The number of carbonyl (C=O) groups excluding carboxylic acids is 1. The first-order valence-corrected chi connectivity index (χ1v) is 7.68. The molecule has 1 amide bonds. The highest BCUT2D eigenvalue weighted by molar-refractivity contribution is 7.09. The molecule has 0 aliphatic carbocycles. The summed E-state index contributed by atoms with van der Waals surface area (Å²) in [5.41, 5.74) is 6.20. The minimum atomic E-state index is -0.116. The van der Waals surface area contributed by atoms with Crippen molar-refractivity contribution in [2.75, 3.05) is 26.2 Å². The molecule has 1 aromatic heterocycles. The largest absolute Gasteiger partial charge is 0.351 e. The quantitative estimate of drug-likeness (QED) is 0.712. The predicted octanol–water partition coefficient (Wildman–Crippen LogP) is 1.62. The van der Waals surface area contributed by atoms with Crippen LogP contribution in [0.3, 0.4) is 0 Å². The van der Waals surface area contributed by atoms with E-state index in [1.54, 1.807) is 5.38 Å². The highest BCUT2D eigenvalue weighted by atomic mass is 32.1. The minimum absolute atomic E-state index is 0.109. The highest BCUT2D eigenvalue weighted by Crippen LogP contribution is 2.15. The van der Waals surface area contributed by atoms with Crippen molar-refractivity contribution >= 4 is 17.2 Å². The first-order valence-electron chi connectivity index (χ1n) is 6.80. The van der Waals surface area contributed by atoms with Gasteiger partial charge in [0.25, 0.3) is 5.91 Å². The van der Waals surface area contributed by atoms with Crippen molar-refractivity contribution < 1.29 is 4.79 Å². The van der Waals surface area contributed by atoms with Crippen molar-refractivity contribution in [3.63, 3.8) is 0 Å². The number of rotatable bonds is 8. The zero-order valence-corrected chi connectivity index (χ0v) is 12.8. The van der Waals surface area contributed by atoms with E-state index in [0.29, 0.717) is 12.2 Å². The number of nitrogens with one attached hydrogen (secondary N) is 1. The second-order valence-electron chi connectivity index (χ2n) is 4.50. The van der Waals surface area contributed by atoms with Crippen LogP contribution in [0.4, 0.5) is 0 Å². The van der Waals surface area contributed by atoms with E-state index in [-0.39, 0.29) is 11.9 Å². The monoisotopic (exact) mass is 284 g/mol. The normalized spacial score (nSPS) is 12.7. The van der Waals surface area contributed by atoms with Crippen LogP contribution in [-0.2, 0) is 0 Å². The van der Waals surface area contributed by atoms with Gasteiger partial charge in [-0.2, -0.15) is 0 Å². The van der Waals surface area contributed by atoms with Crippen LogP contribution in [0.15, 0.2) is 5.38 Å². The average Bonchev–Trinajstić information content (AvgIpc) is 2.88. The van der Waals surface area contributed by atoms with Crippen LogP contribution in [0, 0.1) is 0 Å². The molecule has 19 heavy (non-hydrogen) atoms. The Hall–Kier alpha value is -0.980. The standard InChI is InChI=1S/C13H24N4OS/c1-4-17(5-2)8-6-7-15-12(18)11-9-19-13(16-11)10(3)14/h9-10H,4-8,14H2,1-3H3,(H,15,18). The topological polar surface area (TPSA) is 71.2 Å². The summed E-state index contributed by atoms with van der Waals surface area (Å²) >= 11 is 1.43. The van der Waals surface area contributed by atoms with Gasteiger partial charge in [0.1, 0.15) is 10.7 Å². The van der Waals surface area contributed by atoms with E-state index in [0.717, 1.165) is 31.1 Å². The first kappa shape index (κ1) is 16.1. The van der Waals surface area contributed by atoms with Crippen LogP contribution in [0.25, 0.3) is 0 Å². The Labute approximate surface area is 119 Å². The van der Waals surface area contributed by atoms with E-state index in [2.05, 4.69) is 29.0 Å². The van der Waals surface area contributed by atoms with Crippen LogP contribution in [-0.4, -0.2) is 42.0 Å². The van der Waals surface area contributed by atoms with E-state index in [4.69, 9.17) is 5.73 Å². The summed E-state index contributed by atoms with van der Waals surface area (Å²) in [6.07, 6.45) is 0.956. The Bertz CT molecular complexity index is 388. The first-order chi connectivity index (χ1) is 9.08. The van der Waals surface area contributed by atoms with Gasteiger partial charge in [0.15, 0.2) is 0 Å². The molecule has 0 radical (unpaired) electrons. The van der Waals surface area contributed by atoms with E-state index in [1.165, 1.54) is 11.3 Å². The number of thiazole rings is 1. The van der Waals surface area contributed by atoms with Gasteiger partial charge in [0.05, 0.1) is 6.04 Å². The molecule has 1 aromatic rings. The van der Waals surface area contributed by atoms with Gasteiger partial charge < -0.3 is 16.0 Å². The summed E-state index contributed by atoms with van der Waals surface area (Å²) in [5, 5.41) is 5.45. The maximum atomic E-state index is 11.8.